The molecule has 1 aliphatic rings. The highest BCUT2D eigenvalue weighted by molar-refractivity contribution is 6.33. The second-order valence-corrected chi connectivity index (χ2v) is 7.87. The quantitative estimate of drug-likeness (QED) is 0.533. The smallest absolute Gasteiger partial charge is 0.255 e. The normalized spacial score (nSPS) is 13.7. The van der Waals surface area contributed by atoms with Crippen LogP contribution >= 0.6 is 11.6 Å². The van der Waals surface area contributed by atoms with Crippen LogP contribution in [0.3, 0.4) is 0 Å². The number of H-pyrrole nitrogens is 1. The molecule has 1 aromatic carbocycles. The summed E-state index contributed by atoms with van der Waals surface area (Å²) in [6, 6.07) is 11.7. The van der Waals surface area contributed by atoms with Gasteiger partial charge in [0.2, 0.25) is 0 Å². The van der Waals surface area contributed by atoms with Crippen LogP contribution in [-0.4, -0.2) is 36.4 Å². The number of halogens is 1. The zero-order chi connectivity index (χ0) is 21.2. The van der Waals surface area contributed by atoms with E-state index in [1.807, 2.05) is 36.5 Å². The molecular weight excluding hydrogens is 412 g/mol. The van der Waals surface area contributed by atoms with Crippen molar-refractivity contribution in [2.45, 2.75) is 19.5 Å². The summed E-state index contributed by atoms with van der Waals surface area (Å²) in [5.74, 6) is 0.511. The van der Waals surface area contributed by atoms with Crippen molar-refractivity contribution in [2.75, 3.05) is 6.54 Å². The molecule has 3 aromatic heterocycles. The lowest BCUT2D eigenvalue weighted by Gasteiger charge is -2.27. The van der Waals surface area contributed by atoms with Gasteiger partial charge in [-0.25, -0.2) is 15.0 Å². The Bertz CT molecular complexity index is 1270. The number of benzene rings is 1. The van der Waals surface area contributed by atoms with E-state index in [2.05, 4.69) is 35.9 Å². The van der Waals surface area contributed by atoms with Gasteiger partial charge in [-0.1, -0.05) is 35.9 Å². The molecule has 1 aliphatic heterocycles. The third-order valence-electron chi connectivity index (χ3n) is 5.36. The minimum atomic E-state index is -0.110. The highest BCUT2D eigenvalue weighted by Gasteiger charge is 2.22. The van der Waals surface area contributed by atoms with Crippen LogP contribution < -0.4 is 5.56 Å². The summed E-state index contributed by atoms with van der Waals surface area (Å²) in [6.45, 7) is 2.08. The van der Waals surface area contributed by atoms with E-state index in [0.29, 0.717) is 41.5 Å². The second-order valence-electron chi connectivity index (χ2n) is 7.46. The Kier molecular flexibility index (Phi) is 5.28. The molecule has 0 amide bonds. The third kappa shape index (κ3) is 4.10. The Morgan fingerprint density at radius 2 is 1.90 bits per heavy atom. The molecule has 0 spiro atoms. The van der Waals surface area contributed by atoms with Crippen molar-refractivity contribution >= 4 is 11.6 Å². The van der Waals surface area contributed by atoms with Crippen LogP contribution in [0, 0.1) is 0 Å². The molecule has 8 heteroatoms. The lowest BCUT2D eigenvalue weighted by molar-refractivity contribution is 0.241. The standard InChI is InChI=1S/C23H19ClN6O/c24-19-4-2-1-3-17(19)20-6-5-15(9-27-20)12-30-8-7-21-18(13-30)23(31)29-22(28-21)16-10-25-14-26-11-16/h1-6,9-11,14H,7-8,12-13H2,(H,28,29,31). The number of rotatable bonds is 4. The molecule has 31 heavy (non-hydrogen) atoms. The number of aromatic nitrogens is 5. The first-order valence-electron chi connectivity index (χ1n) is 9.97. The summed E-state index contributed by atoms with van der Waals surface area (Å²) in [7, 11) is 0. The van der Waals surface area contributed by atoms with Crippen molar-refractivity contribution in [3.8, 4) is 22.6 Å². The molecule has 0 bridgehead atoms. The van der Waals surface area contributed by atoms with Gasteiger partial charge in [0.05, 0.1) is 22.5 Å². The van der Waals surface area contributed by atoms with Crippen molar-refractivity contribution in [3.05, 3.63) is 93.5 Å². The van der Waals surface area contributed by atoms with Gasteiger partial charge in [-0.05, 0) is 17.7 Å². The molecule has 0 atom stereocenters. The highest BCUT2D eigenvalue weighted by Crippen LogP contribution is 2.26. The molecular formula is C23H19ClN6O. The lowest BCUT2D eigenvalue weighted by Crippen LogP contribution is -2.35. The Hall–Kier alpha value is -3.42. The van der Waals surface area contributed by atoms with Gasteiger partial charge in [0, 0.05) is 55.2 Å². The Balaban J connectivity index is 1.32. The van der Waals surface area contributed by atoms with E-state index in [-0.39, 0.29) is 5.56 Å². The van der Waals surface area contributed by atoms with Gasteiger partial charge < -0.3 is 4.98 Å². The van der Waals surface area contributed by atoms with Crippen LogP contribution in [0.5, 0.6) is 0 Å². The largest absolute Gasteiger partial charge is 0.306 e. The topological polar surface area (TPSA) is 87.7 Å². The summed E-state index contributed by atoms with van der Waals surface area (Å²) >= 11 is 6.27. The maximum Gasteiger partial charge on any atom is 0.255 e. The van der Waals surface area contributed by atoms with Gasteiger partial charge in [-0.3, -0.25) is 14.7 Å². The predicted molar refractivity (Wildman–Crippen MR) is 118 cm³/mol. The molecule has 4 aromatic rings. The number of nitrogens with zero attached hydrogens (tertiary/aromatic N) is 5. The van der Waals surface area contributed by atoms with Gasteiger partial charge in [-0.2, -0.15) is 0 Å². The monoisotopic (exact) mass is 430 g/mol. The maximum atomic E-state index is 12.7. The molecule has 154 valence electrons. The van der Waals surface area contributed by atoms with Crippen LogP contribution in [-0.2, 0) is 19.5 Å². The van der Waals surface area contributed by atoms with Crippen LogP contribution in [0.25, 0.3) is 22.6 Å². The summed E-state index contributed by atoms with van der Waals surface area (Å²) < 4.78 is 0. The van der Waals surface area contributed by atoms with Gasteiger partial charge in [0.25, 0.3) is 5.56 Å². The van der Waals surface area contributed by atoms with E-state index < -0.39 is 0 Å². The van der Waals surface area contributed by atoms with E-state index in [9.17, 15) is 4.79 Å². The van der Waals surface area contributed by atoms with Crippen molar-refractivity contribution in [1.29, 1.82) is 0 Å². The zero-order valence-corrected chi connectivity index (χ0v) is 17.4. The van der Waals surface area contributed by atoms with E-state index in [1.54, 1.807) is 12.4 Å². The number of pyridine rings is 1. The summed E-state index contributed by atoms with van der Waals surface area (Å²) in [5.41, 5.74) is 4.99. The van der Waals surface area contributed by atoms with Crippen LogP contribution in [0.1, 0.15) is 16.8 Å². The van der Waals surface area contributed by atoms with Crippen LogP contribution in [0.4, 0.5) is 0 Å². The fourth-order valence-corrected chi connectivity index (χ4v) is 4.01. The minimum absolute atomic E-state index is 0.110. The van der Waals surface area contributed by atoms with E-state index >= 15 is 0 Å². The molecule has 0 aliphatic carbocycles. The second kappa shape index (κ2) is 8.37. The SMILES string of the molecule is O=c1[nH]c(-c2cncnc2)nc2c1CN(Cc1ccc(-c3ccccc3Cl)nc1)CC2. The van der Waals surface area contributed by atoms with Crippen LogP contribution in [0.15, 0.2) is 66.1 Å². The first kappa shape index (κ1) is 19.5. The first-order chi connectivity index (χ1) is 15.2. The molecule has 1 N–H and O–H groups in total. The molecule has 0 radical (unpaired) electrons. The summed E-state index contributed by atoms with van der Waals surface area (Å²) in [5, 5.41) is 0.684. The zero-order valence-electron chi connectivity index (χ0n) is 16.6. The first-order valence-corrected chi connectivity index (χ1v) is 10.3. The fraction of sp³-hybridized carbons (Fsp3) is 0.174. The fourth-order valence-electron chi connectivity index (χ4n) is 3.78. The molecule has 4 heterocycles. The maximum absolute atomic E-state index is 12.7. The highest BCUT2D eigenvalue weighted by atomic mass is 35.5. The van der Waals surface area contributed by atoms with Crippen molar-refractivity contribution < 1.29 is 0 Å². The Labute approximate surface area is 183 Å². The predicted octanol–water partition coefficient (Wildman–Crippen LogP) is 3.50. The molecule has 0 saturated heterocycles. The van der Waals surface area contributed by atoms with Crippen molar-refractivity contribution in [3.63, 3.8) is 0 Å². The van der Waals surface area contributed by atoms with Crippen molar-refractivity contribution in [1.82, 2.24) is 29.8 Å². The minimum Gasteiger partial charge on any atom is -0.306 e. The summed E-state index contributed by atoms with van der Waals surface area (Å²) in [6.07, 6.45) is 7.33. The van der Waals surface area contributed by atoms with Gasteiger partial charge in [-0.15, -0.1) is 0 Å². The van der Waals surface area contributed by atoms with Crippen LogP contribution in [0.2, 0.25) is 5.02 Å². The summed E-state index contributed by atoms with van der Waals surface area (Å²) in [4.78, 5) is 35.0. The Morgan fingerprint density at radius 3 is 2.68 bits per heavy atom. The van der Waals surface area contributed by atoms with Gasteiger partial charge in [0.1, 0.15) is 12.2 Å². The number of aromatic amines is 1. The number of hydrogen-bond acceptors (Lipinski definition) is 6. The van der Waals surface area contributed by atoms with E-state index in [0.717, 1.165) is 29.1 Å². The number of nitrogens with one attached hydrogen (secondary N) is 1. The van der Waals surface area contributed by atoms with E-state index in [1.165, 1.54) is 6.33 Å². The van der Waals surface area contributed by atoms with Gasteiger partial charge >= 0.3 is 0 Å². The van der Waals surface area contributed by atoms with Gasteiger partial charge in [0.15, 0.2) is 0 Å². The average Bonchev–Trinajstić information content (AvgIpc) is 2.81. The lowest BCUT2D eigenvalue weighted by atomic mass is 10.1. The number of fused-ring (bicyclic) bond motifs is 1. The molecule has 0 fully saturated rings. The number of hydrogen-bond donors (Lipinski definition) is 1. The Morgan fingerprint density at radius 1 is 1.06 bits per heavy atom. The molecule has 0 unspecified atom stereocenters. The molecule has 0 saturated carbocycles. The molecule has 5 rings (SSSR count). The molecule has 7 nitrogen and oxygen atoms in total. The average molecular weight is 431 g/mol. The van der Waals surface area contributed by atoms with Crippen molar-refractivity contribution in [2.24, 2.45) is 0 Å². The van der Waals surface area contributed by atoms with E-state index in [4.69, 9.17) is 11.6 Å². The third-order valence-corrected chi connectivity index (χ3v) is 5.69.